The van der Waals surface area contributed by atoms with Crippen molar-refractivity contribution in [3.05, 3.63) is 10.6 Å². The third-order valence-corrected chi connectivity index (χ3v) is 8.86. The van der Waals surface area contributed by atoms with Crippen molar-refractivity contribution < 1.29 is 9.59 Å². The zero-order valence-electron chi connectivity index (χ0n) is 18.6. The molecule has 0 bridgehead atoms. The molecule has 170 valence electrons. The number of nitrogens with zero attached hydrogens (tertiary/aromatic N) is 4. The van der Waals surface area contributed by atoms with E-state index in [0.717, 1.165) is 89.3 Å². The topological polar surface area (TPSA) is 68.8 Å². The van der Waals surface area contributed by atoms with Gasteiger partial charge < -0.3 is 20.0 Å². The van der Waals surface area contributed by atoms with Crippen LogP contribution >= 0.6 is 11.3 Å². The second-order valence-corrected chi connectivity index (χ2v) is 10.9. The summed E-state index contributed by atoms with van der Waals surface area (Å²) in [6, 6.07) is 0.334. The van der Waals surface area contributed by atoms with Crippen LogP contribution < -0.4 is 10.2 Å². The molecule has 0 spiro atoms. The van der Waals surface area contributed by atoms with Crippen LogP contribution in [0.25, 0.3) is 0 Å². The number of fused-ring (bicyclic) bond motifs is 1. The summed E-state index contributed by atoms with van der Waals surface area (Å²) < 4.78 is 0. The highest BCUT2D eigenvalue weighted by atomic mass is 32.1. The molecule has 2 saturated heterocycles. The number of nitrogens with one attached hydrogen (secondary N) is 1. The number of hydrogen-bond acceptors (Lipinski definition) is 6. The van der Waals surface area contributed by atoms with Crippen molar-refractivity contribution in [2.75, 3.05) is 51.2 Å². The van der Waals surface area contributed by atoms with Crippen molar-refractivity contribution in [3.63, 3.8) is 0 Å². The number of piperazine rings is 1. The maximum atomic E-state index is 12.9. The van der Waals surface area contributed by atoms with Crippen LogP contribution in [-0.2, 0) is 22.4 Å². The molecule has 1 aromatic heterocycles. The first-order valence-corrected chi connectivity index (χ1v) is 12.9. The van der Waals surface area contributed by atoms with Gasteiger partial charge in [0.2, 0.25) is 11.8 Å². The predicted molar refractivity (Wildman–Crippen MR) is 122 cm³/mol. The second-order valence-electron chi connectivity index (χ2n) is 9.83. The monoisotopic (exact) mass is 445 g/mol. The number of carbonyl (C=O) groups is 2. The summed E-state index contributed by atoms with van der Waals surface area (Å²) in [5, 5.41) is 4.40. The first-order valence-electron chi connectivity index (χ1n) is 12.1. The molecule has 2 aliphatic carbocycles. The maximum Gasteiger partial charge on any atom is 0.225 e. The fourth-order valence-electron chi connectivity index (χ4n) is 5.22. The third-order valence-electron chi connectivity index (χ3n) is 7.68. The average molecular weight is 446 g/mol. The summed E-state index contributed by atoms with van der Waals surface area (Å²) in [6.07, 6.45) is 8.09. The summed E-state index contributed by atoms with van der Waals surface area (Å²) in [5.74, 6) is 0.967. The Labute approximate surface area is 189 Å². The number of rotatable bonds is 4. The van der Waals surface area contributed by atoms with Gasteiger partial charge in [0.05, 0.1) is 5.69 Å². The van der Waals surface area contributed by atoms with Crippen LogP contribution in [0.2, 0.25) is 0 Å². The third kappa shape index (κ3) is 4.60. The first kappa shape index (κ1) is 21.2. The Kier molecular flexibility index (Phi) is 6.19. The van der Waals surface area contributed by atoms with E-state index in [-0.39, 0.29) is 17.7 Å². The molecule has 2 aliphatic heterocycles. The number of piperidine rings is 1. The fraction of sp³-hybridized carbons (Fsp3) is 0.783. The minimum atomic E-state index is 0.0809. The van der Waals surface area contributed by atoms with E-state index in [1.165, 1.54) is 17.0 Å². The molecule has 2 amide bonds. The molecule has 1 atom stereocenters. The van der Waals surface area contributed by atoms with Gasteiger partial charge in [-0.05, 0) is 65.1 Å². The van der Waals surface area contributed by atoms with E-state index >= 15 is 0 Å². The number of amides is 2. The Morgan fingerprint density at radius 3 is 2.39 bits per heavy atom. The fourth-order valence-corrected chi connectivity index (χ4v) is 6.46. The normalized spacial score (nSPS) is 25.8. The van der Waals surface area contributed by atoms with Gasteiger partial charge >= 0.3 is 0 Å². The largest absolute Gasteiger partial charge is 0.353 e. The molecule has 3 heterocycles. The van der Waals surface area contributed by atoms with Gasteiger partial charge in [0, 0.05) is 48.9 Å². The Bertz CT molecular complexity index is 807. The van der Waals surface area contributed by atoms with Gasteiger partial charge in [-0.2, -0.15) is 0 Å². The molecule has 0 radical (unpaired) electrons. The van der Waals surface area contributed by atoms with Gasteiger partial charge in [-0.1, -0.05) is 6.42 Å². The number of thiazole rings is 1. The minimum absolute atomic E-state index is 0.0809. The highest BCUT2D eigenvalue weighted by Crippen LogP contribution is 2.35. The molecule has 1 saturated carbocycles. The molecule has 8 heteroatoms. The lowest BCUT2D eigenvalue weighted by Crippen LogP contribution is -2.51. The Morgan fingerprint density at radius 2 is 1.71 bits per heavy atom. The first-order chi connectivity index (χ1) is 15.1. The van der Waals surface area contributed by atoms with Crippen molar-refractivity contribution in [2.45, 2.75) is 57.4 Å². The van der Waals surface area contributed by atoms with Gasteiger partial charge in [0.15, 0.2) is 5.13 Å². The lowest BCUT2D eigenvalue weighted by Gasteiger charge is -2.38. The zero-order chi connectivity index (χ0) is 21.4. The molecule has 0 unspecified atom stereocenters. The lowest BCUT2D eigenvalue weighted by molar-refractivity contribution is -0.138. The number of aryl methyl sites for hydroxylation is 1. The molecule has 7 nitrogen and oxygen atoms in total. The number of anilines is 1. The SMILES string of the molecule is CN1CCC(NC(=O)[C@@H]2CCc3nc(N4CCN(C(=O)C5CCC5)CC4)sc3C2)CC1. The molecule has 0 aromatic carbocycles. The molecular formula is C23H35N5O2S. The highest BCUT2D eigenvalue weighted by Gasteiger charge is 2.33. The number of aromatic nitrogens is 1. The minimum Gasteiger partial charge on any atom is -0.353 e. The van der Waals surface area contributed by atoms with E-state index < -0.39 is 0 Å². The predicted octanol–water partition coefficient (Wildman–Crippen LogP) is 1.91. The molecule has 4 aliphatic rings. The summed E-state index contributed by atoms with van der Waals surface area (Å²) in [4.78, 5) is 38.3. The van der Waals surface area contributed by atoms with Crippen LogP contribution in [0, 0.1) is 11.8 Å². The average Bonchev–Trinajstić information content (AvgIpc) is 3.17. The van der Waals surface area contributed by atoms with Crippen LogP contribution in [0.5, 0.6) is 0 Å². The Balaban J connectivity index is 1.14. The van der Waals surface area contributed by atoms with Gasteiger partial charge in [-0.3, -0.25) is 9.59 Å². The lowest BCUT2D eigenvalue weighted by atomic mass is 9.84. The van der Waals surface area contributed by atoms with Gasteiger partial charge in [-0.15, -0.1) is 11.3 Å². The van der Waals surface area contributed by atoms with Crippen LogP contribution in [0.15, 0.2) is 0 Å². The van der Waals surface area contributed by atoms with Crippen molar-refractivity contribution in [1.29, 1.82) is 0 Å². The van der Waals surface area contributed by atoms with E-state index in [2.05, 4.69) is 27.1 Å². The Hall–Kier alpha value is -1.67. The van der Waals surface area contributed by atoms with Crippen LogP contribution in [0.1, 0.15) is 49.1 Å². The highest BCUT2D eigenvalue weighted by molar-refractivity contribution is 7.15. The second kappa shape index (κ2) is 9.06. The summed E-state index contributed by atoms with van der Waals surface area (Å²) in [7, 11) is 2.15. The van der Waals surface area contributed by atoms with Crippen molar-refractivity contribution >= 4 is 28.3 Å². The smallest absolute Gasteiger partial charge is 0.225 e. The zero-order valence-corrected chi connectivity index (χ0v) is 19.5. The molecule has 5 rings (SSSR count). The summed E-state index contributed by atoms with van der Waals surface area (Å²) in [5.41, 5.74) is 1.19. The van der Waals surface area contributed by atoms with Gasteiger partial charge in [0.1, 0.15) is 0 Å². The Morgan fingerprint density at radius 1 is 0.968 bits per heavy atom. The molecule has 1 N–H and O–H groups in total. The molecular weight excluding hydrogens is 410 g/mol. The van der Waals surface area contributed by atoms with Crippen molar-refractivity contribution in [3.8, 4) is 0 Å². The summed E-state index contributed by atoms with van der Waals surface area (Å²) in [6.45, 7) is 5.48. The van der Waals surface area contributed by atoms with Gasteiger partial charge in [0.25, 0.3) is 0 Å². The van der Waals surface area contributed by atoms with E-state index in [1.807, 2.05) is 0 Å². The molecule has 31 heavy (non-hydrogen) atoms. The van der Waals surface area contributed by atoms with E-state index in [4.69, 9.17) is 4.98 Å². The van der Waals surface area contributed by atoms with Crippen molar-refractivity contribution in [2.24, 2.45) is 11.8 Å². The van der Waals surface area contributed by atoms with Crippen LogP contribution in [0.3, 0.4) is 0 Å². The van der Waals surface area contributed by atoms with Crippen LogP contribution in [-0.4, -0.2) is 79.0 Å². The van der Waals surface area contributed by atoms with Crippen LogP contribution in [0.4, 0.5) is 5.13 Å². The standard InChI is InChI=1S/C23H35N5O2S/c1-26-9-7-18(8-10-26)24-21(29)17-5-6-19-20(15-17)31-23(25-19)28-13-11-27(12-14-28)22(30)16-3-2-4-16/h16-18H,2-15H2,1H3,(H,24,29)/t17-/m1/s1. The number of likely N-dealkylation sites (tertiary alicyclic amines) is 1. The quantitative estimate of drug-likeness (QED) is 0.767. The van der Waals surface area contributed by atoms with E-state index in [0.29, 0.717) is 11.9 Å². The van der Waals surface area contributed by atoms with Crippen molar-refractivity contribution in [1.82, 2.24) is 20.1 Å². The number of carbonyl (C=O) groups excluding carboxylic acids is 2. The van der Waals surface area contributed by atoms with E-state index in [1.54, 1.807) is 11.3 Å². The summed E-state index contributed by atoms with van der Waals surface area (Å²) >= 11 is 1.77. The maximum absolute atomic E-state index is 12.9. The van der Waals surface area contributed by atoms with E-state index in [9.17, 15) is 9.59 Å². The molecule has 1 aromatic rings. The molecule has 3 fully saturated rings. The number of hydrogen-bond donors (Lipinski definition) is 1. The van der Waals surface area contributed by atoms with Gasteiger partial charge in [-0.25, -0.2) is 4.98 Å².